The highest BCUT2D eigenvalue weighted by molar-refractivity contribution is 5.88. The second-order valence-corrected chi connectivity index (χ2v) is 3.57. The molecule has 0 unspecified atom stereocenters. The third kappa shape index (κ3) is 4.86. The molecule has 98 valence electrons. The van der Waals surface area contributed by atoms with E-state index in [0.29, 0.717) is 5.56 Å². The summed E-state index contributed by atoms with van der Waals surface area (Å²) in [5.41, 5.74) is 0.325. The number of carboxylic acid groups (broad SMARTS) is 1. The molecule has 0 heterocycles. The number of amides is 1. The molecule has 1 amide bonds. The van der Waals surface area contributed by atoms with Crippen molar-refractivity contribution in [3.63, 3.8) is 0 Å². The van der Waals surface area contributed by atoms with Crippen molar-refractivity contribution in [3.05, 3.63) is 35.4 Å². The van der Waals surface area contributed by atoms with Gasteiger partial charge in [-0.25, -0.2) is 4.79 Å². The Labute approximate surface area is 100 Å². The first-order chi connectivity index (χ1) is 8.28. The molecule has 2 N–H and O–H groups in total. The molecule has 0 bridgehead atoms. The average Bonchev–Trinajstić information content (AvgIpc) is 2.26. The molecule has 0 atom stereocenters. The molecule has 7 heteroatoms. The van der Waals surface area contributed by atoms with Crippen molar-refractivity contribution >= 4 is 11.9 Å². The zero-order valence-electron chi connectivity index (χ0n) is 9.12. The van der Waals surface area contributed by atoms with Crippen molar-refractivity contribution in [3.8, 4) is 0 Å². The van der Waals surface area contributed by atoms with E-state index in [-0.39, 0.29) is 12.0 Å². The number of carbonyl (C=O) groups excluding carboxylic acids is 1. The fraction of sp³-hybridized carbons (Fsp3) is 0.273. The Morgan fingerprint density at radius 1 is 1.28 bits per heavy atom. The SMILES string of the molecule is O=C(Cc1cccc(C(=O)O)c1)NCC(F)(F)F. The molecule has 0 fully saturated rings. The lowest BCUT2D eigenvalue weighted by molar-refractivity contribution is -0.138. The van der Waals surface area contributed by atoms with Gasteiger partial charge in [0.2, 0.25) is 5.91 Å². The molecular formula is C11H10F3NO3. The fourth-order valence-corrected chi connectivity index (χ4v) is 1.26. The lowest BCUT2D eigenvalue weighted by Gasteiger charge is -2.08. The minimum absolute atomic E-state index is 0.0175. The summed E-state index contributed by atoms with van der Waals surface area (Å²) in [6, 6.07) is 5.48. The van der Waals surface area contributed by atoms with Crippen LogP contribution in [0.15, 0.2) is 24.3 Å². The summed E-state index contributed by atoms with van der Waals surface area (Å²) in [5.74, 6) is -1.97. The van der Waals surface area contributed by atoms with E-state index < -0.39 is 24.6 Å². The van der Waals surface area contributed by atoms with Crippen molar-refractivity contribution in [2.75, 3.05) is 6.54 Å². The van der Waals surface area contributed by atoms with Crippen LogP contribution in [0, 0.1) is 0 Å². The summed E-state index contributed by atoms with van der Waals surface area (Å²) >= 11 is 0. The van der Waals surface area contributed by atoms with E-state index in [4.69, 9.17) is 5.11 Å². The molecular weight excluding hydrogens is 251 g/mol. The molecule has 18 heavy (non-hydrogen) atoms. The molecule has 0 radical (unpaired) electrons. The van der Waals surface area contributed by atoms with Crippen LogP contribution in [0.2, 0.25) is 0 Å². The van der Waals surface area contributed by atoms with Crippen molar-refractivity contribution in [1.29, 1.82) is 0 Å². The summed E-state index contributed by atoms with van der Waals surface area (Å²) in [4.78, 5) is 21.8. The van der Waals surface area contributed by atoms with Crippen LogP contribution in [0.3, 0.4) is 0 Å². The monoisotopic (exact) mass is 261 g/mol. The number of rotatable bonds is 4. The van der Waals surface area contributed by atoms with Gasteiger partial charge in [-0.3, -0.25) is 4.79 Å². The van der Waals surface area contributed by atoms with E-state index in [0.717, 1.165) is 0 Å². The number of carboxylic acids is 1. The minimum atomic E-state index is -4.46. The summed E-state index contributed by atoms with van der Waals surface area (Å²) in [6.07, 6.45) is -4.75. The zero-order valence-corrected chi connectivity index (χ0v) is 9.12. The number of carbonyl (C=O) groups is 2. The molecule has 0 aliphatic carbocycles. The lowest BCUT2D eigenvalue weighted by Crippen LogP contribution is -2.34. The molecule has 0 aromatic heterocycles. The van der Waals surface area contributed by atoms with Crippen LogP contribution in [0.5, 0.6) is 0 Å². The number of nitrogens with one attached hydrogen (secondary N) is 1. The quantitative estimate of drug-likeness (QED) is 0.865. The van der Waals surface area contributed by atoms with Crippen LogP contribution >= 0.6 is 0 Å². The Hall–Kier alpha value is -2.05. The van der Waals surface area contributed by atoms with Crippen molar-refractivity contribution in [1.82, 2.24) is 5.32 Å². The Morgan fingerprint density at radius 2 is 1.94 bits per heavy atom. The maximum atomic E-state index is 11.8. The Morgan fingerprint density at radius 3 is 2.50 bits per heavy atom. The van der Waals surface area contributed by atoms with Gasteiger partial charge in [0.05, 0.1) is 12.0 Å². The van der Waals surface area contributed by atoms with Gasteiger partial charge in [-0.15, -0.1) is 0 Å². The minimum Gasteiger partial charge on any atom is -0.478 e. The standard InChI is InChI=1S/C11H10F3NO3/c12-11(13,14)6-15-9(16)5-7-2-1-3-8(4-7)10(17)18/h1-4H,5-6H2,(H,15,16)(H,17,18). The summed E-state index contributed by atoms with van der Waals surface area (Å²) < 4.78 is 35.5. The van der Waals surface area contributed by atoms with Gasteiger partial charge in [0.15, 0.2) is 0 Å². The van der Waals surface area contributed by atoms with Crippen molar-refractivity contribution in [2.45, 2.75) is 12.6 Å². The van der Waals surface area contributed by atoms with Crippen LogP contribution in [-0.2, 0) is 11.2 Å². The first-order valence-electron chi connectivity index (χ1n) is 4.93. The Balaban J connectivity index is 2.59. The molecule has 0 saturated heterocycles. The van der Waals surface area contributed by atoms with Gasteiger partial charge >= 0.3 is 12.1 Å². The number of hydrogen-bond donors (Lipinski definition) is 2. The highest BCUT2D eigenvalue weighted by Gasteiger charge is 2.27. The first kappa shape index (κ1) is 14.0. The van der Waals surface area contributed by atoms with Crippen molar-refractivity contribution in [2.24, 2.45) is 0 Å². The number of benzene rings is 1. The van der Waals surface area contributed by atoms with Crippen LogP contribution in [0.4, 0.5) is 13.2 Å². The van der Waals surface area contributed by atoms with Crippen LogP contribution in [0.25, 0.3) is 0 Å². The van der Waals surface area contributed by atoms with E-state index in [2.05, 4.69) is 0 Å². The normalized spacial score (nSPS) is 11.1. The Kier molecular flexibility index (Phi) is 4.30. The predicted octanol–water partition coefficient (Wildman–Crippen LogP) is 1.61. The molecule has 0 aliphatic heterocycles. The predicted molar refractivity (Wildman–Crippen MR) is 56.2 cm³/mol. The smallest absolute Gasteiger partial charge is 0.405 e. The summed E-state index contributed by atoms with van der Waals surface area (Å²) in [6.45, 7) is -1.40. The van der Waals surface area contributed by atoms with Crippen LogP contribution in [-0.4, -0.2) is 29.7 Å². The van der Waals surface area contributed by atoms with Gasteiger partial charge in [0.25, 0.3) is 0 Å². The largest absolute Gasteiger partial charge is 0.478 e. The number of alkyl halides is 3. The lowest BCUT2D eigenvalue weighted by atomic mass is 10.1. The summed E-state index contributed by atoms with van der Waals surface area (Å²) in [5, 5.41) is 10.4. The van der Waals surface area contributed by atoms with Crippen molar-refractivity contribution < 1.29 is 27.9 Å². The molecule has 4 nitrogen and oxygen atoms in total. The van der Waals surface area contributed by atoms with Gasteiger partial charge in [-0.1, -0.05) is 12.1 Å². The second-order valence-electron chi connectivity index (χ2n) is 3.57. The zero-order chi connectivity index (χ0) is 13.8. The second kappa shape index (κ2) is 5.52. The average molecular weight is 261 g/mol. The fourth-order valence-electron chi connectivity index (χ4n) is 1.26. The van der Waals surface area contributed by atoms with Crippen LogP contribution in [0.1, 0.15) is 15.9 Å². The van der Waals surface area contributed by atoms with Gasteiger partial charge in [-0.2, -0.15) is 13.2 Å². The van der Waals surface area contributed by atoms with E-state index in [9.17, 15) is 22.8 Å². The number of hydrogen-bond acceptors (Lipinski definition) is 2. The molecule has 1 aromatic carbocycles. The van der Waals surface area contributed by atoms with E-state index in [1.165, 1.54) is 24.3 Å². The van der Waals surface area contributed by atoms with Gasteiger partial charge in [0.1, 0.15) is 6.54 Å². The third-order valence-corrected chi connectivity index (χ3v) is 2.02. The highest BCUT2D eigenvalue weighted by atomic mass is 19.4. The molecule has 0 aliphatic rings. The molecule has 1 rings (SSSR count). The van der Waals surface area contributed by atoms with Gasteiger partial charge in [0, 0.05) is 0 Å². The maximum Gasteiger partial charge on any atom is 0.405 e. The number of aromatic carboxylic acids is 1. The molecule has 0 spiro atoms. The number of halogens is 3. The topological polar surface area (TPSA) is 66.4 Å². The molecule has 0 saturated carbocycles. The summed E-state index contributed by atoms with van der Waals surface area (Å²) in [7, 11) is 0. The first-order valence-corrected chi connectivity index (χ1v) is 4.93. The highest BCUT2D eigenvalue weighted by Crippen LogP contribution is 2.12. The van der Waals surface area contributed by atoms with Gasteiger partial charge < -0.3 is 10.4 Å². The third-order valence-electron chi connectivity index (χ3n) is 2.02. The van der Waals surface area contributed by atoms with E-state index in [1.54, 1.807) is 5.32 Å². The van der Waals surface area contributed by atoms with E-state index in [1.807, 2.05) is 0 Å². The van der Waals surface area contributed by atoms with Gasteiger partial charge in [-0.05, 0) is 17.7 Å². The maximum absolute atomic E-state index is 11.8. The molecule has 1 aromatic rings. The van der Waals surface area contributed by atoms with E-state index >= 15 is 0 Å². The van der Waals surface area contributed by atoms with Crippen LogP contribution < -0.4 is 5.32 Å². The Bertz CT molecular complexity index is 457.